The van der Waals surface area contributed by atoms with E-state index in [1.54, 1.807) is 4.90 Å². The molecule has 2 saturated heterocycles. The largest absolute Gasteiger partial charge is 0.377 e. The lowest BCUT2D eigenvalue weighted by atomic mass is 10.0. The molecule has 2 aliphatic heterocycles. The molecule has 1 atom stereocenters. The number of morpholine rings is 1. The van der Waals surface area contributed by atoms with Gasteiger partial charge in [-0.15, -0.1) is 0 Å². The van der Waals surface area contributed by atoms with E-state index in [2.05, 4.69) is 19.2 Å². The molecule has 2 amide bonds. The Balaban J connectivity index is 1.79. The Labute approximate surface area is 137 Å². The Kier molecular flexibility index (Phi) is 7.02. The highest BCUT2D eigenvalue weighted by Gasteiger charge is 2.30. The van der Waals surface area contributed by atoms with Crippen LogP contribution in [0, 0.1) is 5.92 Å². The SMILES string of the molecule is CC(C)C[C@H]1COCCN1C(=O)NC1CCN(CC(F)F)CC1. The highest BCUT2D eigenvalue weighted by molar-refractivity contribution is 5.75. The summed E-state index contributed by atoms with van der Waals surface area (Å²) in [6.07, 6.45) is 0.113. The fourth-order valence-corrected chi connectivity index (χ4v) is 3.37. The van der Waals surface area contributed by atoms with Gasteiger partial charge in [0, 0.05) is 25.7 Å². The van der Waals surface area contributed by atoms with Crippen LogP contribution in [-0.2, 0) is 4.74 Å². The maximum absolute atomic E-state index is 12.5. The number of nitrogens with zero attached hydrogens (tertiary/aromatic N) is 2. The zero-order valence-electron chi connectivity index (χ0n) is 14.1. The molecule has 0 spiro atoms. The minimum absolute atomic E-state index is 0.0359. The van der Waals surface area contributed by atoms with E-state index in [0.717, 1.165) is 19.3 Å². The van der Waals surface area contributed by atoms with Crippen molar-refractivity contribution in [3.63, 3.8) is 0 Å². The number of halogens is 2. The standard InChI is InChI=1S/C16H29F2N3O2/c1-12(2)9-14-11-23-8-7-21(14)16(22)19-13-3-5-20(6-4-13)10-15(17)18/h12-15H,3-11H2,1-2H3,(H,19,22)/t14-/m0/s1. The summed E-state index contributed by atoms with van der Waals surface area (Å²) in [4.78, 5) is 16.2. The van der Waals surface area contributed by atoms with E-state index in [4.69, 9.17) is 4.74 Å². The third-order valence-corrected chi connectivity index (χ3v) is 4.54. The Morgan fingerprint density at radius 3 is 2.57 bits per heavy atom. The Morgan fingerprint density at radius 1 is 1.26 bits per heavy atom. The van der Waals surface area contributed by atoms with E-state index in [0.29, 0.717) is 38.8 Å². The van der Waals surface area contributed by atoms with Crippen LogP contribution in [0.3, 0.4) is 0 Å². The second-order valence-corrected chi connectivity index (χ2v) is 6.97. The molecule has 0 radical (unpaired) electrons. The van der Waals surface area contributed by atoms with Gasteiger partial charge in [0.2, 0.25) is 0 Å². The Morgan fingerprint density at radius 2 is 1.96 bits per heavy atom. The highest BCUT2D eigenvalue weighted by atomic mass is 19.3. The topological polar surface area (TPSA) is 44.8 Å². The minimum atomic E-state index is -2.29. The van der Waals surface area contributed by atoms with Crippen LogP contribution in [0.2, 0.25) is 0 Å². The average Bonchev–Trinajstić information content (AvgIpc) is 2.48. The summed E-state index contributed by atoms with van der Waals surface area (Å²) < 4.78 is 30.3. The number of amides is 2. The number of urea groups is 1. The van der Waals surface area contributed by atoms with Crippen molar-refractivity contribution >= 4 is 6.03 Å². The Bertz CT molecular complexity index is 374. The van der Waals surface area contributed by atoms with Crippen LogP contribution < -0.4 is 5.32 Å². The number of carbonyl (C=O) groups is 1. The fraction of sp³-hybridized carbons (Fsp3) is 0.938. The lowest BCUT2D eigenvalue weighted by molar-refractivity contribution is 0.00424. The van der Waals surface area contributed by atoms with Gasteiger partial charge in [-0.3, -0.25) is 4.90 Å². The van der Waals surface area contributed by atoms with Crippen LogP contribution in [0.25, 0.3) is 0 Å². The van der Waals surface area contributed by atoms with Gasteiger partial charge < -0.3 is 15.0 Å². The maximum atomic E-state index is 12.5. The van der Waals surface area contributed by atoms with Gasteiger partial charge in [0.15, 0.2) is 0 Å². The number of carbonyl (C=O) groups excluding carboxylic acids is 1. The normalized spacial score (nSPS) is 24.4. The molecule has 0 bridgehead atoms. The van der Waals surface area contributed by atoms with Crippen molar-refractivity contribution in [2.24, 2.45) is 5.92 Å². The number of piperidine rings is 1. The van der Waals surface area contributed by atoms with Crippen molar-refractivity contribution < 1.29 is 18.3 Å². The van der Waals surface area contributed by atoms with Crippen molar-refractivity contribution in [3.8, 4) is 0 Å². The van der Waals surface area contributed by atoms with Gasteiger partial charge in [0.05, 0.1) is 25.8 Å². The lowest BCUT2D eigenvalue weighted by Gasteiger charge is -2.38. The number of likely N-dealkylation sites (tertiary alicyclic amines) is 1. The summed E-state index contributed by atoms with van der Waals surface area (Å²) >= 11 is 0. The van der Waals surface area contributed by atoms with Crippen molar-refractivity contribution in [1.82, 2.24) is 15.1 Å². The van der Waals surface area contributed by atoms with Crippen molar-refractivity contribution in [2.45, 2.75) is 51.6 Å². The fourth-order valence-electron chi connectivity index (χ4n) is 3.37. The van der Waals surface area contributed by atoms with Crippen LogP contribution in [0.1, 0.15) is 33.1 Å². The van der Waals surface area contributed by atoms with Gasteiger partial charge in [0.1, 0.15) is 0 Å². The molecule has 0 aliphatic carbocycles. The summed E-state index contributed by atoms with van der Waals surface area (Å²) in [5.74, 6) is 0.509. The first-order chi connectivity index (χ1) is 11.0. The predicted octanol–water partition coefficient (Wildman–Crippen LogP) is 2.17. The van der Waals surface area contributed by atoms with Crippen molar-refractivity contribution in [1.29, 1.82) is 0 Å². The third-order valence-electron chi connectivity index (χ3n) is 4.54. The summed E-state index contributed by atoms with van der Waals surface area (Å²) in [5.41, 5.74) is 0. The lowest BCUT2D eigenvalue weighted by Crippen LogP contribution is -2.56. The molecule has 0 aromatic carbocycles. The number of rotatable bonds is 5. The van der Waals surface area contributed by atoms with E-state index in [1.807, 2.05) is 4.90 Å². The molecule has 1 N–H and O–H groups in total. The number of ether oxygens (including phenoxy) is 1. The molecular formula is C16H29F2N3O2. The van der Waals surface area contributed by atoms with Gasteiger partial charge in [-0.05, 0) is 25.2 Å². The highest BCUT2D eigenvalue weighted by Crippen LogP contribution is 2.17. The van der Waals surface area contributed by atoms with Crippen LogP contribution in [0.5, 0.6) is 0 Å². The molecular weight excluding hydrogens is 304 g/mol. The van der Waals surface area contributed by atoms with E-state index < -0.39 is 6.43 Å². The molecule has 5 nitrogen and oxygen atoms in total. The van der Waals surface area contributed by atoms with E-state index >= 15 is 0 Å². The van der Waals surface area contributed by atoms with Crippen LogP contribution in [0.4, 0.5) is 13.6 Å². The number of hydrogen-bond donors (Lipinski definition) is 1. The number of hydrogen-bond acceptors (Lipinski definition) is 3. The van der Waals surface area contributed by atoms with Gasteiger partial charge in [-0.25, -0.2) is 13.6 Å². The summed E-state index contributed by atoms with van der Waals surface area (Å²) in [6.45, 7) is 7.15. The molecule has 2 rings (SSSR count). The number of alkyl halides is 2. The first-order valence-corrected chi connectivity index (χ1v) is 8.61. The van der Waals surface area contributed by atoms with Crippen LogP contribution >= 0.6 is 0 Å². The molecule has 0 aromatic heterocycles. The van der Waals surface area contributed by atoms with Crippen molar-refractivity contribution in [3.05, 3.63) is 0 Å². The molecule has 2 aliphatic rings. The minimum Gasteiger partial charge on any atom is -0.377 e. The molecule has 23 heavy (non-hydrogen) atoms. The van der Waals surface area contributed by atoms with Gasteiger partial charge in [-0.1, -0.05) is 13.8 Å². The van der Waals surface area contributed by atoms with Crippen molar-refractivity contribution in [2.75, 3.05) is 39.4 Å². The molecule has 134 valence electrons. The van der Waals surface area contributed by atoms with Crippen LogP contribution in [-0.4, -0.2) is 73.7 Å². The molecule has 2 fully saturated rings. The van der Waals surface area contributed by atoms with Gasteiger partial charge >= 0.3 is 6.03 Å². The first-order valence-electron chi connectivity index (χ1n) is 8.61. The van der Waals surface area contributed by atoms with Gasteiger partial charge in [-0.2, -0.15) is 0 Å². The van der Waals surface area contributed by atoms with Gasteiger partial charge in [0.25, 0.3) is 6.43 Å². The second-order valence-electron chi connectivity index (χ2n) is 6.97. The molecule has 0 unspecified atom stereocenters. The van der Waals surface area contributed by atoms with Crippen LogP contribution in [0.15, 0.2) is 0 Å². The van der Waals surface area contributed by atoms with E-state index in [-0.39, 0.29) is 24.7 Å². The second kappa shape index (κ2) is 8.78. The smallest absolute Gasteiger partial charge is 0.318 e. The zero-order valence-corrected chi connectivity index (χ0v) is 14.1. The monoisotopic (exact) mass is 333 g/mol. The quantitative estimate of drug-likeness (QED) is 0.839. The zero-order chi connectivity index (χ0) is 16.8. The molecule has 7 heteroatoms. The summed E-state index contributed by atoms with van der Waals surface area (Å²) in [7, 11) is 0. The number of nitrogens with one attached hydrogen (secondary N) is 1. The predicted molar refractivity (Wildman–Crippen MR) is 84.8 cm³/mol. The molecule has 0 aromatic rings. The first kappa shape index (κ1) is 18.4. The van der Waals surface area contributed by atoms with E-state index in [9.17, 15) is 13.6 Å². The maximum Gasteiger partial charge on any atom is 0.318 e. The Hall–Kier alpha value is -0.950. The van der Waals surface area contributed by atoms with E-state index in [1.165, 1.54) is 0 Å². The third kappa shape index (κ3) is 5.88. The average molecular weight is 333 g/mol. The summed E-state index contributed by atoms with van der Waals surface area (Å²) in [5, 5.41) is 3.08. The molecule has 2 heterocycles. The summed E-state index contributed by atoms with van der Waals surface area (Å²) in [6, 6.07) is 0.174. The molecule has 0 saturated carbocycles.